The number of likely N-dealkylation sites (tertiary alicyclic amines) is 1. The van der Waals surface area contributed by atoms with Crippen LogP contribution in [0.25, 0.3) is 0 Å². The summed E-state index contributed by atoms with van der Waals surface area (Å²) in [6, 6.07) is 6.90. The van der Waals surface area contributed by atoms with Crippen LogP contribution in [0.3, 0.4) is 0 Å². The monoisotopic (exact) mass is 382 g/mol. The fourth-order valence-electron chi connectivity index (χ4n) is 3.85. The van der Waals surface area contributed by atoms with Crippen molar-refractivity contribution in [3.05, 3.63) is 24.3 Å². The van der Waals surface area contributed by atoms with E-state index in [4.69, 9.17) is 9.47 Å². The zero-order valence-electron chi connectivity index (χ0n) is 15.9. The molecular weight excluding hydrogens is 352 g/mol. The van der Waals surface area contributed by atoms with Gasteiger partial charge in [0.15, 0.2) is 0 Å². The molecule has 0 aromatic heterocycles. The maximum atomic E-state index is 13.4. The average molecular weight is 383 g/mol. The molecule has 2 aliphatic heterocycles. The molecule has 26 heavy (non-hydrogen) atoms. The quantitative estimate of drug-likeness (QED) is 0.781. The van der Waals surface area contributed by atoms with Crippen LogP contribution in [-0.2, 0) is 14.8 Å². The Bertz CT molecular complexity index is 707. The van der Waals surface area contributed by atoms with E-state index in [9.17, 15) is 8.42 Å². The highest BCUT2D eigenvalue weighted by Crippen LogP contribution is 2.36. The van der Waals surface area contributed by atoms with Gasteiger partial charge >= 0.3 is 0 Å². The number of ether oxygens (including phenoxy) is 2. The number of hydrogen-bond donors (Lipinski definition) is 0. The van der Waals surface area contributed by atoms with E-state index in [1.165, 1.54) is 0 Å². The SMILES string of the molecule is COCCN1CC[C@@H]2[C@@H](CC1)Oc1ccccc1S(=O)(=O)N2CC(C)C. The van der Waals surface area contributed by atoms with E-state index < -0.39 is 10.0 Å². The standard InChI is InChI=1S/C19H30N2O4S/c1-15(2)14-21-16-8-10-20(12-13-24-3)11-9-17(16)25-18-6-4-5-7-19(18)26(21,22)23/h4-7,15-17H,8-14H2,1-3H3/t16-,17-/m1/s1. The summed E-state index contributed by atoms with van der Waals surface area (Å²) in [6.45, 7) is 7.93. The van der Waals surface area contributed by atoms with Crippen molar-refractivity contribution in [1.82, 2.24) is 9.21 Å². The van der Waals surface area contributed by atoms with Crippen molar-refractivity contribution in [1.29, 1.82) is 0 Å². The predicted molar refractivity (Wildman–Crippen MR) is 101 cm³/mol. The van der Waals surface area contributed by atoms with Gasteiger partial charge in [-0.2, -0.15) is 4.31 Å². The van der Waals surface area contributed by atoms with Gasteiger partial charge in [0.05, 0.1) is 12.6 Å². The molecule has 3 rings (SSSR count). The summed E-state index contributed by atoms with van der Waals surface area (Å²) < 4.78 is 39.9. The Kier molecular flexibility index (Phi) is 6.22. The Morgan fingerprint density at radius 2 is 1.96 bits per heavy atom. The van der Waals surface area contributed by atoms with Crippen LogP contribution >= 0.6 is 0 Å². The Hall–Kier alpha value is -1.15. The summed E-state index contributed by atoms with van der Waals surface area (Å²) in [4.78, 5) is 2.64. The third kappa shape index (κ3) is 4.06. The van der Waals surface area contributed by atoms with Gasteiger partial charge in [0.2, 0.25) is 10.0 Å². The fraction of sp³-hybridized carbons (Fsp3) is 0.684. The molecule has 0 radical (unpaired) electrons. The van der Waals surface area contributed by atoms with Gasteiger partial charge in [-0.05, 0) is 37.4 Å². The third-order valence-corrected chi connectivity index (χ3v) is 7.07. The van der Waals surface area contributed by atoms with E-state index in [-0.39, 0.29) is 18.1 Å². The maximum Gasteiger partial charge on any atom is 0.247 e. The van der Waals surface area contributed by atoms with E-state index in [0.29, 0.717) is 23.8 Å². The Labute approximate surface area is 157 Å². The molecular formula is C19H30N2O4S. The first-order valence-electron chi connectivity index (χ1n) is 9.42. The van der Waals surface area contributed by atoms with Gasteiger partial charge in [0.1, 0.15) is 16.7 Å². The smallest absolute Gasteiger partial charge is 0.247 e. The van der Waals surface area contributed by atoms with Crippen molar-refractivity contribution < 1.29 is 17.9 Å². The molecule has 0 amide bonds. The van der Waals surface area contributed by atoms with Crippen LogP contribution in [0.1, 0.15) is 26.7 Å². The minimum absolute atomic E-state index is 0.125. The molecule has 1 saturated heterocycles. The average Bonchev–Trinajstić information content (AvgIpc) is 2.84. The van der Waals surface area contributed by atoms with Crippen LogP contribution in [0.5, 0.6) is 5.75 Å². The van der Waals surface area contributed by atoms with Gasteiger partial charge in [-0.25, -0.2) is 8.42 Å². The van der Waals surface area contributed by atoms with Gasteiger partial charge in [-0.3, -0.25) is 0 Å². The first kappa shape index (κ1) is 19.6. The van der Waals surface area contributed by atoms with E-state index in [1.54, 1.807) is 29.6 Å². The van der Waals surface area contributed by atoms with Gasteiger partial charge in [-0.15, -0.1) is 0 Å². The largest absolute Gasteiger partial charge is 0.487 e. The summed E-state index contributed by atoms with van der Waals surface area (Å²) in [6.07, 6.45) is 1.46. The Morgan fingerprint density at radius 1 is 1.23 bits per heavy atom. The van der Waals surface area contributed by atoms with E-state index >= 15 is 0 Å². The molecule has 6 nitrogen and oxygen atoms in total. The molecule has 2 heterocycles. The number of sulfonamides is 1. The van der Waals surface area contributed by atoms with Crippen LogP contribution in [-0.4, -0.2) is 69.7 Å². The van der Waals surface area contributed by atoms with Crippen LogP contribution < -0.4 is 4.74 Å². The Morgan fingerprint density at radius 3 is 2.69 bits per heavy atom. The summed E-state index contributed by atoms with van der Waals surface area (Å²) >= 11 is 0. The first-order valence-corrected chi connectivity index (χ1v) is 10.9. The molecule has 2 atom stereocenters. The van der Waals surface area contributed by atoms with Gasteiger partial charge in [0, 0.05) is 26.7 Å². The molecule has 0 spiro atoms. The number of fused-ring (bicyclic) bond motifs is 2. The van der Waals surface area contributed by atoms with Crippen molar-refractivity contribution in [2.75, 3.05) is 39.9 Å². The minimum Gasteiger partial charge on any atom is -0.487 e. The zero-order chi connectivity index (χ0) is 18.7. The van der Waals surface area contributed by atoms with Crippen LogP contribution in [0.2, 0.25) is 0 Å². The van der Waals surface area contributed by atoms with Crippen molar-refractivity contribution in [2.24, 2.45) is 5.92 Å². The normalized spacial score (nSPS) is 26.5. The predicted octanol–water partition coefficient (Wildman–Crippen LogP) is 2.21. The summed E-state index contributed by atoms with van der Waals surface area (Å²) in [7, 11) is -1.86. The molecule has 0 bridgehead atoms. The molecule has 1 aromatic rings. The summed E-state index contributed by atoms with van der Waals surface area (Å²) in [5, 5.41) is 0. The molecule has 0 unspecified atom stereocenters. The number of rotatable bonds is 5. The highest BCUT2D eigenvalue weighted by Gasteiger charge is 2.43. The third-order valence-electron chi connectivity index (χ3n) is 5.14. The van der Waals surface area contributed by atoms with E-state index in [2.05, 4.69) is 18.7 Å². The molecule has 0 saturated carbocycles. The van der Waals surface area contributed by atoms with Crippen LogP contribution in [0.4, 0.5) is 0 Å². The van der Waals surface area contributed by atoms with E-state index in [1.807, 2.05) is 6.07 Å². The highest BCUT2D eigenvalue weighted by atomic mass is 32.2. The molecule has 1 aromatic carbocycles. The highest BCUT2D eigenvalue weighted by molar-refractivity contribution is 7.89. The zero-order valence-corrected chi connectivity index (χ0v) is 16.7. The topological polar surface area (TPSA) is 59.1 Å². The van der Waals surface area contributed by atoms with Crippen molar-refractivity contribution in [2.45, 2.75) is 43.7 Å². The van der Waals surface area contributed by atoms with Crippen molar-refractivity contribution in [3.8, 4) is 5.75 Å². The first-order chi connectivity index (χ1) is 12.4. The second kappa shape index (κ2) is 8.25. The summed E-state index contributed by atoms with van der Waals surface area (Å²) in [5.74, 6) is 0.739. The van der Waals surface area contributed by atoms with Crippen LogP contribution in [0.15, 0.2) is 29.2 Å². The molecule has 0 aliphatic carbocycles. The number of para-hydroxylation sites is 1. The van der Waals surface area contributed by atoms with Crippen LogP contribution in [0, 0.1) is 5.92 Å². The molecule has 2 aliphatic rings. The lowest BCUT2D eigenvalue weighted by Crippen LogP contribution is -2.48. The fourth-order valence-corrected chi connectivity index (χ4v) is 5.81. The van der Waals surface area contributed by atoms with Crippen molar-refractivity contribution in [3.63, 3.8) is 0 Å². The second-order valence-corrected chi connectivity index (χ2v) is 9.41. The minimum atomic E-state index is -3.57. The lowest BCUT2D eigenvalue weighted by molar-refractivity contribution is 0.108. The van der Waals surface area contributed by atoms with E-state index in [0.717, 1.165) is 32.5 Å². The molecule has 7 heteroatoms. The number of nitrogens with zero attached hydrogens (tertiary/aromatic N) is 2. The van der Waals surface area contributed by atoms with Crippen molar-refractivity contribution >= 4 is 10.0 Å². The number of hydrogen-bond acceptors (Lipinski definition) is 5. The molecule has 1 fully saturated rings. The Balaban J connectivity index is 1.95. The second-order valence-electron chi connectivity index (χ2n) is 7.55. The summed E-state index contributed by atoms with van der Waals surface area (Å²) in [5.41, 5.74) is 0. The number of benzene rings is 1. The molecule has 0 N–H and O–H groups in total. The lowest BCUT2D eigenvalue weighted by Gasteiger charge is -2.32. The maximum absolute atomic E-state index is 13.4. The van der Waals surface area contributed by atoms with Gasteiger partial charge in [0.25, 0.3) is 0 Å². The lowest BCUT2D eigenvalue weighted by atomic mass is 10.0. The van der Waals surface area contributed by atoms with Gasteiger partial charge in [-0.1, -0.05) is 26.0 Å². The number of methoxy groups -OCH3 is 1. The van der Waals surface area contributed by atoms with Gasteiger partial charge < -0.3 is 14.4 Å². The molecule has 146 valence electrons.